The van der Waals surface area contributed by atoms with Gasteiger partial charge in [0.15, 0.2) is 11.6 Å². The van der Waals surface area contributed by atoms with Crippen LogP contribution in [0.1, 0.15) is 17.0 Å². The van der Waals surface area contributed by atoms with Crippen molar-refractivity contribution >= 4 is 51.3 Å². The average Bonchev–Trinajstić information content (AvgIpc) is 3.62. The third-order valence-electron chi connectivity index (χ3n) is 10.1. The van der Waals surface area contributed by atoms with Crippen molar-refractivity contribution in [2.75, 3.05) is 19.6 Å². The van der Waals surface area contributed by atoms with Gasteiger partial charge in [0.05, 0.1) is 17.1 Å². The van der Waals surface area contributed by atoms with Gasteiger partial charge in [-0.3, -0.25) is 0 Å². The maximum atomic E-state index is 5.01. The zero-order valence-electron chi connectivity index (χ0n) is 25.1. The molecule has 0 spiro atoms. The van der Waals surface area contributed by atoms with E-state index in [0.717, 1.165) is 34.3 Å². The Morgan fingerprint density at radius 3 is 1.65 bits per heavy atom. The molecule has 46 heavy (non-hydrogen) atoms. The first-order valence-electron chi connectivity index (χ1n) is 15.9. The van der Waals surface area contributed by atoms with Crippen LogP contribution in [0.5, 0.6) is 0 Å². The number of nitrogens with zero attached hydrogens (tertiary/aromatic N) is 6. The van der Waals surface area contributed by atoms with E-state index >= 15 is 0 Å². The normalized spacial score (nSPS) is 21.8. The topological polar surface area (TPSA) is 38.7 Å². The first kappa shape index (κ1) is 25.4. The van der Waals surface area contributed by atoms with E-state index in [0.29, 0.717) is 0 Å². The summed E-state index contributed by atoms with van der Waals surface area (Å²) in [5, 5.41) is 0. The molecule has 6 nitrogen and oxygen atoms in total. The highest BCUT2D eigenvalue weighted by Crippen LogP contribution is 2.64. The van der Waals surface area contributed by atoms with E-state index in [4.69, 9.17) is 16.5 Å². The molecule has 220 valence electrons. The van der Waals surface area contributed by atoms with E-state index in [1.165, 1.54) is 28.2 Å². The summed E-state index contributed by atoms with van der Waals surface area (Å²) in [7, 11) is 0. The molecule has 0 radical (unpaired) electrons. The smallest absolute Gasteiger partial charge is 0.178 e. The monoisotopic (exact) mass is 594 g/mol. The van der Waals surface area contributed by atoms with E-state index in [2.05, 4.69) is 153 Å². The maximum absolute atomic E-state index is 5.01. The van der Waals surface area contributed by atoms with Crippen LogP contribution in [0.4, 0.5) is 45.8 Å². The van der Waals surface area contributed by atoms with E-state index < -0.39 is 0 Å². The fourth-order valence-corrected chi connectivity index (χ4v) is 8.48. The Bertz CT molecular complexity index is 2150. The third kappa shape index (κ3) is 3.30. The van der Waals surface area contributed by atoms with Crippen LogP contribution >= 0.6 is 0 Å². The molecule has 5 heterocycles. The lowest BCUT2D eigenvalue weighted by Crippen LogP contribution is -2.59. The first-order valence-corrected chi connectivity index (χ1v) is 15.9. The SMILES string of the molecule is C=C1c2ccccc2N2c3ccccc3N(c3ccccc3)C2C2C1c1ccccc1N1c3nccnc3N(c3ccccc3)C21. The van der Waals surface area contributed by atoms with Crippen molar-refractivity contribution < 1.29 is 0 Å². The van der Waals surface area contributed by atoms with Crippen LogP contribution < -0.4 is 19.6 Å². The van der Waals surface area contributed by atoms with Gasteiger partial charge in [0, 0.05) is 46.9 Å². The van der Waals surface area contributed by atoms with Gasteiger partial charge >= 0.3 is 0 Å². The van der Waals surface area contributed by atoms with Gasteiger partial charge in [-0.1, -0.05) is 91.5 Å². The molecule has 4 unspecified atom stereocenters. The second-order valence-corrected chi connectivity index (χ2v) is 12.3. The number of aromatic nitrogens is 2. The molecule has 4 aliphatic heterocycles. The molecule has 4 atom stereocenters. The summed E-state index contributed by atoms with van der Waals surface area (Å²) >= 11 is 0. The quantitative estimate of drug-likeness (QED) is 0.199. The Hall–Kier alpha value is -5.88. The highest BCUT2D eigenvalue weighted by Gasteiger charge is 2.59. The highest BCUT2D eigenvalue weighted by atomic mass is 15.5. The van der Waals surface area contributed by atoms with Crippen LogP contribution in [0.15, 0.2) is 152 Å². The van der Waals surface area contributed by atoms with Crippen molar-refractivity contribution in [1.29, 1.82) is 0 Å². The largest absolute Gasteiger partial charge is 0.318 e. The number of fused-ring (bicyclic) bond motifs is 14. The van der Waals surface area contributed by atoms with Crippen molar-refractivity contribution in [3.63, 3.8) is 0 Å². The molecule has 4 aliphatic rings. The van der Waals surface area contributed by atoms with E-state index in [-0.39, 0.29) is 24.2 Å². The van der Waals surface area contributed by atoms with Crippen molar-refractivity contribution in [3.05, 3.63) is 164 Å². The van der Waals surface area contributed by atoms with E-state index in [1.807, 2.05) is 12.4 Å². The standard InChI is InChI=1S/C40H30N6/c1-26-29-18-8-10-20-31(29)45-34-23-13-12-22-33(34)43(27-14-4-2-5-15-27)39(45)36-35(26)30-19-9-11-21-32(30)46-38-37(41-24-25-42-38)44(40(36)46)28-16-6-3-7-17-28/h2-25,35-36,39-40H,1H2. The molecular weight excluding hydrogens is 564 g/mol. The molecule has 6 heteroatoms. The summed E-state index contributed by atoms with van der Waals surface area (Å²) in [6.45, 7) is 4.93. The molecule has 0 amide bonds. The minimum atomic E-state index is -0.140. The van der Waals surface area contributed by atoms with Crippen LogP contribution in [0.3, 0.4) is 0 Å². The lowest BCUT2D eigenvalue weighted by molar-refractivity contribution is 0.328. The summed E-state index contributed by atoms with van der Waals surface area (Å²) < 4.78 is 0. The molecule has 1 aromatic heterocycles. The van der Waals surface area contributed by atoms with Gasteiger partial charge < -0.3 is 19.6 Å². The molecule has 10 rings (SSSR count). The number of hydrogen-bond donors (Lipinski definition) is 0. The van der Waals surface area contributed by atoms with Crippen molar-refractivity contribution in [2.45, 2.75) is 18.2 Å². The van der Waals surface area contributed by atoms with Gasteiger partial charge in [-0.15, -0.1) is 0 Å². The van der Waals surface area contributed by atoms with Gasteiger partial charge in [-0.05, 0) is 59.7 Å². The second-order valence-electron chi connectivity index (χ2n) is 12.3. The Morgan fingerprint density at radius 2 is 0.957 bits per heavy atom. The van der Waals surface area contributed by atoms with Crippen LogP contribution in [0.2, 0.25) is 0 Å². The number of anilines is 8. The lowest BCUT2D eigenvalue weighted by Gasteiger charge is -2.50. The first-order chi connectivity index (χ1) is 22.8. The highest BCUT2D eigenvalue weighted by molar-refractivity contribution is 5.96. The number of benzene rings is 5. The summed E-state index contributed by atoms with van der Waals surface area (Å²) in [4.78, 5) is 20.0. The number of hydrogen-bond acceptors (Lipinski definition) is 6. The molecule has 0 fully saturated rings. The minimum Gasteiger partial charge on any atom is -0.318 e. The van der Waals surface area contributed by atoms with Crippen molar-refractivity contribution in [2.24, 2.45) is 5.92 Å². The Labute approximate surface area is 268 Å². The zero-order valence-corrected chi connectivity index (χ0v) is 25.1. The maximum Gasteiger partial charge on any atom is 0.178 e. The number of para-hydroxylation sites is 6. The molecule has 6 aromatic rings. The molecule has 0 aliphatic carbocycles. The van der Waals surface area contributed by atoms with Crippen molar-refractivity contribution in [1.82, 2.24) is 9.97 Å². The van der Waals surface area contributed by atoms with E-state index in [9.17, 15) is 0 Å². The van der Waals surface area contributed by atoms with Crippen molar-refractivity contribution in [3.8, 4) is 0 Å². The number of rotatable bonds is 2. The third-order valence-corrected chi connectivity index (χ3v) is 10.1. The molecule has 0 bridgehead atoms. The van der Waals surface area contributed by atoms with Gasteiger partial charge in [0.2, 0.25) is 0 Å². The van der Waals surface area contributed by atoms with E-state index in [1.54, 1.807) is 0 Å². The van der Waals surface area contributed by atoms with Gasteiger partial charge in [-0.2, -0.15) is 0 Å². The van der Waals surface area contributed by atoms with Crippen LogP contribution in [-0.4, -0.2) is 22.3 Å². The number of allylic oxidation sites excluding steroid dienone is 1. The second kappa shape index (κ2) is 9.56. The molecule has 5 aromatic carbocycles. The molecule has 0 saturated carbocycles. The Morgan fingerprint density at radius 1 is 0.457 bits per heavy atom. The fraction of sp³-hybridized carbons (Fsp3) is 0.100. The van der Waals surface area contributed by atoms with Gasteiger partial charge in [0.1, 0.15) is 12.3 Å². The zero-order chi connectivity index (χ0) is 30.4. The molecule has 0 N–H and O–H groups in total. The lowest BCUT2D eigenvalue weighted by atomic mass is 9.72. The van der Waals surface area contributed by atoms with Gasteiger partial charge in [-0.25, -0.2) is 9.97 Å². The summed E-state index contributed by atoms with van der Waals surface area (Å²) in [6, 6.07) is 48.0. The Kier molecular flexibility index (Phi) is 5.29. The van der Waals surface area contributed by atoms with Gasteiger partial charge in [0.25, 0.3) is 0 Å². The predicted octanol–water partition coefficient (Wildman–Crippen LogP) is 9.15. The average molecular weight is 595 g/mol. The predicted molar refractivity (Wildman–Crippen MR) is 186 cm³/mol. The van der Waals surface area contributed by atoms with Crippen LogP contribution in [0, 0.1) is 5.92 Å². The molecular formula is C40H30N6. The minimum absolute atomic E-state index is 0.00128. The molecule has 0 saturated heterocycles. The fourth-order valence-electron chi connectivity index (χ4n) is 8.48. The van der Waals surface area contributed by atoms with Crippen LogP contribution in [0.25, 0.3) is 5.57 Å². The summed E-state index contributed by atoms with van der Waals surface area (Å²) in [5.41, 5.74) is 10.6. The summed E-state index contributed by atoms with van der Waals surface area (Å²) in [5.74, 6) is 1.76. The Balaban J connectivity index is 1.33. The summed E-state index contributed by atoms with van der Waals surface area (Å²) in [6.07, 6.45) is 3.40. The van der Waals surface area contributed by atoms with Crippen LogP contribution in [-0.2, 0) is 0 Å².